The lowest BCUT2D eigenvalue weighted by atomic mass is 10.2. The molecule has 0 amide bonds. The molecule has 0 unspecified atom stereocenters. The zero-order valence-electron chi connectivity index (χ0n) is 8.04. The van der Waals surface area contributed by atoms with Crippen LogP contribution in [0.2, 0.25) is 0 Å². The molecule has 0 aliphatic rings. The SMILES string of the molecule is CCCc1cc(C)nc(CC#N)n1. The predicted octanol–water partition coefficient (Wildman–Crippen LogP) is 1.80. The molecule has 1 heterocycles. The van der Waals surface area contributed by atoms with Gasteiger partial charge in [0.1, 0.15) is 5.82 Å². The predicted molar refractivity (Wildman–Crippen MR) is 50.1 cm³/mol. The van der Waals surface area contributed by atoms with Gasteiger partial charge in [-0.1, -0.05) is 13.3 Å². The van der Waals surface area contributed by atoms with Crippen LogP contribution in [0.4, 0.5) is 0 Å². The van der Waals surface area contributed by atoms with Gasteiger partial charge in [-0.2, -0.15) is 5.26 Å². The van der Waals surface area contributed by atoms with E-state index in [1.807, 2.05) is 13.0 Å². The third kappa shape index (κ3) is 2.83. The van der Waals surface area contributed by atoms with Crippen LogP contribution >= 0.6 is 0 Å². The maximum Gasteiger partial charge on any atom is 0.142 e. The van der Waals surface area contributed by atoms with Crippen molar-refractivity contribution in [3.05, 3.63) is 23.3 Å². The maximum absolute atomic E-state index is 8.50. The van der Waals surface area contributed by atoms with Crippen molar-refractivity contribution in [1.82, 2.24) is 9.97 Å². The van der Waals surface area contributed by atoms with Crippen LogP contribution in [-0.2, 0) is 12.8 Å². The van der Waals surface area contributed by atoms with E-state index in [2.05, 4.69) is 23.0 Å². The maximum atomic E-state index is 8.50. The fourth-order valence-electron chi connectivity index (χ4n) is 1.23. The highest BCUT2D eigenvalue weighted by Gasteiger charge is 2.00. The summed E-state index contributed by atoms with van der Waals surface area (Å²) in [7, 11) is 0. The molecule has 0 aromatic carbocycles. The second-order valence-electron chi connectivity index (χ2n) is 3.00. The molecule has 0 aliphatic carbocycles. The molecule has 1 aromatic rings. The Bertz CT molecular complexity index is 325. The monoisotopic (exact) mass is 175 g/mol. The molecule has 1 aromatic heterocycles. The van der Waals surface area contributed by atoms with Crippen molar-refractivity contribution in [3.8, 4) is 6.07 Å². The third-order valence-electron chi connectivity index (χ3n) is 1.70. The first-order valence-electron chi connectivity index (χ1n) is 4.46. The Morgan fingerprint density at radius 1 is 1.46 bits per heavy atom. The summed E-state index contributed by atoms with van der Waals surface area (Å²) < 4.78 is 0. The zero-order valence-corrected chi connectivity index (χ0v) is 8.04. The molecule has 0 atom stereocenters. The largest absolute Gasteiger partial charge is 0.237 e. The van der Waals surface area contributed by atoms with Gasteiger partial charge >= 0.3 is 0 Å². The molecule has 0 saturated carbocycles. The highest BCUT2D eigenvalue weighted by Crippen LogP contribution is 2.03. The van der Waals surface area contributed by atoms with E-state index in [4.69, 9.17) is 5.26 Å². The summed E-state index contributed by atoms with van der Waals surface area (Å²) in [5, 5.41) is 8.50. The topological polar surface area (TPSA) is 49.6 Å². The van der Waals surface area contributed by atoms with E-state index in [-0.39, 0.29) is 0 Å². The Balaban J connectivity index is 2.91. The Morgan fingerprint density at radius 3 is 2.85 bits per heavy atom. The summed E-state index contributed by atoms with van der Waals surface area (Å²) in [5.41, 5.74) is 1.99. The van der Waals surface area contributed by atoms with Crippen LogP contribution in [-0.4, -0.2) is 9.97 Å². The van der Waals surface area contributed by atoms with Crippen molar-refractivity contribution in [1.29, 1.82) is 5.26 Å². The number of aryl methyl sites for hydroxylation is 2. The van der Waals surface area contributed by atoms with Crippen LogP contribution in [0.25, 0.3) is 0 Å². The first-order valence-corrected chi connectivity index (χ1v) is 4.46. The molecule has 13 heavy (non-hydrogen) atoms. The summed E-state index contributed by atoms with van der Waals surface area (Å²) in [5.74, 6) is 0.644. The van der Waals surface area contributed by atoms with Gasteiger partial charge in [0.2, 0.25) is 0 Å². The number of rotatable bonds is 3. The van der Waals surface area contributed by atoms with E-state index in [1.165, 1.54) is 0 Å². The quantitative estimate of drug-likeness (QED) is 0.703. The van der Waals surface area contributed by atoms with Crippen LogP contribution in [0.3, 0.4) is 0 Å². The molecular weight excluding hydrogens is 162 g/mol. The van der Waals surface area contributed by atoms with Gasteiger partial charge in [0.15, 0.2) is 0 Å². The number of nitrogens with zero attached hydrogens (tertiary/aromatic N) is 3. The van der Waals surface area contributed by atoms with Crippen molar-refractivity contribution in [2.75, 3.05) is 0 Å². The number of nitriles is 1. The second kappa shape index (κ2) is 4.56. The lowest BCUT2D eigenvalue weighted by Gasteiger charge is -2.01. The van der Waals surface area contributed by atoms with Crippen LogP contribution in [0.5, 0.6) is 0 Å². The summed E-state index contributed by atoms with van der Waals surface area (Å²) >= 11 is 0. The molecule has 0 saturated heterocycles. The molecule has 3 heteroatoms. The number of hydrogen-bond donors (Lipinski definition) is 0. The first-order chi connectivity index (χ1) is 6.26. The molecule has 68 valence electrons. The van der Waals surface area contributed by atoms with E-state index < -0.39 is 0 Å². The van der Waals surface area contributed by atoms with Gasteiger partial charge < -0.3 is 0 Å². The Kier molecular flexibility index (Phi) is 3.39. The lowest BCUT2D eigenvalue weighted by molar-refractivity contribution is 0.837. The molecule has 0 radical (unpaired) electrons. The highest BCUT2D eigenvalue weighted by molar-refractivity contribution is 5.11. The minimum atomic E-state index is 0.304. The number of hydrogen-bond acceptors (Lipinski definition) is 3. The average molecular weight is 175 g/mol. The molecular formula is C10H13N3. The zero-order chi connectivity index (χ0) is 9.68. The fraction of sp³-hybridized carbons (Fsp3) is 0.500. The van der Waals surface area contributed by atoms with Crippen molar-refractivity contribution >= 4 is 0 Å². The minimum Gasteiger partial charge on any atom is -0.237 e. The molecule has 0 N–H and O–H groups in total. The molecule has 1 rings (SSSR count). The van der Waals surface area contributed by atoms with Crippen LogP contribution in [0.15, 0.2) is 6.07 Å². The van der Waals surface area contributed by atoms with Crippen LogP contribution < -0.4 is 0 Å². The standard InChI is InChI=1S/C10H13N3/c1-3-4-9-7-8(2)12-10(13-9)5-6-11/h7H,3-5H2,1-2H3. The van der Waals surface area contributed by atoms with Gasteiger partial charge in [-0.3, -0.25) is 0 Å². The second-order valence-corrected chi connectivity index (χ2v) is 3.00. The third-order valence-corrected chi connectivity index (χ3v) is 1.70. The van der Waals surface area contributed by atoms with Gasteiger partial charge in [0.25, 0.3) is 0 Å². The molecule has 0 aliphatic heterocycles. The minimum absolute atomic E-state index is 0.304. The van der Waals surface area contributed by atoms with Gasteiger partial charge in [0.05, 0.1) is 12.5 Å². The van der Waals surface area contributed by atoms with Crippen molar-refractivity contribution < 1.29 is 0 Å². The van der Waals surface area contributed by atoms with Gasteiger partial charge in [-0.05, 0) is 19.4 Å². The molecule has 0 fully saturated rings. The summed E-state index contributed by atoms with van der Waals surface area (Å²) in [6, 6.07) is 4.03. The van der Waals surface area contributed by atoms with E-state index in [1.54, 1.807) is 0 Å². The van der Waals surface area contributed by atoms with Crippen LogP contribution in [0, 0.1) is 18.3 Å². The first kappa shape index (κ1) is 9.66. The Labute approximate surface area is 78.5 Å². The van der Waals surface area contributed by atoms with E-state index in [9.17, 15) is 0 Å². The van der Waals surface area contributed by atoms with Crippen LogP contribution in [0.1, 0.15) is 30.6 Å². The van der Waals surface area contributed by atoms with Gasteiger partial charge in [0, 0.05) is 11.4 Å². The highest BCUT2D eigenvalue weighted by atomic mass is 14.9. The van der Waals surface area contributed by atoms with E-state index >= 15 is 0 Å². The van der Waals surface area contributed by atoms with Crippen molar-refractivity contribution in [2.24, 2.45) is 0 Å². The van der Waals surface area contributed by atoms with E-state index in [0.717, 1.165) is 24.2 Å². The summed E-state index contributed by atoms with van der Waals surface area (Å²) in [6.45, 7) is 4.04. The number of aromatic nitrogens is 2. The van der Waals surface area contributed by atoms with Crippen molar-refractivity contribution in [2.45, 2.75) is 33.1 Å². The van der Waals surface area contributed by atoms with Gasteiger partial charge in [-0.25, -0.2) is 9.97 Å². The fourth-order valence-corrected chi connectivity index (χ4v) is 1.23. The summed E-state index contributed by atoms with van der Waals surface area (Å²) in [4.78, 5) is 8.45. The molecule has 0 spiro atoms. The summed E-state index contributed by atoms with van der Waals surface area (Å²) in [6.07, 6.45) is 2.34. The average Bonchev–Trinajstić information content (AvgIpc) is 2.04. The van der Waals surface area contributed by atoms with E-state index in [0.29, 0.717) is 12.2 Å². The Hall–Kier alpha value is -1.43. The van der Waals surface area contributed by atoms with Gasteiger partial charge in [-0.15, -0.1) is 0 Å². The molecule has 0 bridgehead atoms. The molecule has 3 nitrogen and oxygen atoms in total. The lowest BCUT2D eigenvalue weighted by Crippen LogP contribution is -2.00. The normalized spacial score (nSPS) is 9.62. The Morgan fingerprint density at radius 2 is 2.23 bits per heavy atom. The van der Waals surface area contributed by atoms with Crippen molar-refractivity contribution in [3.63, 3.8) is 0 Å². The smallest absolute Gasteiger partial charge is 0.142 e.